The molecule has 7 nitrogen and oxygen atoms in total. The molecule has 0 atom stereocenters. The lowest BCUT2D eigenvalue weighted by Crippen LogP contribution is -2.54. The minimum Gasteiger partial charge on any atom is -0.487 e. The van der Waals surface area contributed by atoms with Crippen molar-refractivity contribution >= 4 is 29.0 Å². The average molecular weight is 446 g/mol. The van der Waals surface area contributed by atoms with Crippen LogP contribution < -0.4 is 15.0 Å². The second-order valence-corrected chi connectivity index (χ2v) is 7.37. The number of amides is 1. The topological polar surface area (TPSA) is 80.2 Å². The number of benzene rings is 1. The highest BCUT2D eigenvalue weighted by atomic mass is 35.5. The molecule has 1 aromatic carbocycles. The second kappa shape index (κ2) is 8.81. The summed E-state index contributed by atoms with van der Waals surface area (Å²) >= 11 is 5.66. The van der Waals surface area contributed by atoms with E-state index in [2.05, 4.69) is 20.3 Å². The normalized spacial score (nSPS) is 13.6. The second-order valence-electron chi connectivity index (χ2n) is 6.96. The Kier molecular flexibility index (Phi) is 5.94. The standard InChI is InChI=1S/C21H18ClF2N5O2/c1-2-12-5-13(9-25-8-12)28-21(30)19-20(27-4-3-26-19)29-10-15(11-29)31-14-6-16(22)18(24)17(23)7-14/h3-9,15H,2,10-11H2,1H3,(H,28,30). The largest absolute Gasteiger partial charge is 0.487 e. The van der Waals surface area contributed by atoms with Gasteiger partial charge in [-0.1, -0.05) is 18.5 Å². The van der Waals surface area contributed by atoms with E-state index in [-0.39, 0.29) is 22.6 Å². The van der Waals surface area contributed by atoms with Crippen molar-refractivity contribution in [2.45, 2.75) is 19.4 Å². The van der Waals surface area contributed by atoms with Crippen LogP contribution in [0.25, 0.3) is 0 Å². The molecule has 3 heterocycles. The molecule has 1 aliphatic heterocycles. The molecule has 1 fully saturated rings. The van der Waals surface area contributed by atoms with Gasteiger partial charge in [0.25, 0.3) is 5.91 Å². The number of ether oxygens (including phenoxy) is 1. The highest BCUT2D eigenvalue weighted by Crippen LogP contribution is 2.28. The Morgan fingerprint density at radius 2 is 2.00 bits per heavy atom. The van der Waals surface area contributed by atoms with Gasteiger partial charge in [-0.25, -0.2) is 18.7 Å². The van der Waals surface area contributed by atoms with Crippen molar-refractivity contribution in [3.8, 4) is 5.75 Å². The van der Waals surface area contributed by atoms with Crippen molar-refractivity contribution in [1.29, 1.82) is 0 Å². The van der Waals surface area contributed by atoms with Gasteiger partial charge in [0, 0.05) is 30.7 Å². The number of halogens is 3. The third kappa shape index (κ3) is 4.56. The van der Waals surface area contributed by atoms with Gasteiger partial charge in [-0.15, -0.1) is 0 Å². The molecule has 1 amide bonds. The lowest BCUT2D eigenvalue weighted by atomic mass is 10.1. The van der Waals surface area contributed by atoms with E-state index in [1.54, 1.807) is 12.4 Å². The molecular weight excluding hydrogens is 428 g/mol. The van der Waals surface area contributed by atoms with Crippen molar-refractivity contribution in [3.05, 3.63) is 70.9 Å². The zero-order chi connectivity index (χ0) is 22.0. The van der Waals surface area contributed by atoms with E-state index in [9.17, 15) is 13.6 Å². The van der Waals surface area contributed by atoms with Gasteiger partial charge in [0.1, 0.15) is 11.9 Å². The van der Waals surface area contributed by atoms with Crippen molar-refractivity contribution in [2.24, 2.45) is 0 Å². The maximum absolute atomic E-state index is 13.5. The molecule has 0 saturated carbocycles. The van der Waals surface area contributed by atoms with Gasteiger partial charge in [0.15, 0.2) is 23.1 Å². The van der Waals surface area contributed by atoms with E-state index in [1.165, 1.54) is 18.5 Å². The van der Waals surface area contributed by atoms with Gasteiger partial charge >= 0.3 is 0 Å². The number of rotatable bonds is 6. The van der Waals surface area contributed by atoms with Crippen molar-refractivity contribution < 1.29 is 18.3 Å². The summed E-state index contributed by atoms with van der Waals surface area (Å²) in [5.74, 6) is -2.06. The fraction of sp³-hybridized carbons (Fsp3) is 0.238. The first-order chi connectivity index (χ1) is 14.9. The third-order valence-electron chi connectivity index (χ3n) is 4.76. The van der Waals surface area contributed by atoms with Crippen LogP contribution in [0.15, 0.2) is 43.0 Å². The lowest BCUT2D eigenvalue weighted by Gasteiger charge is -2.40. The maximum Gasteiger partial charge on any atom is 0.278 e. The van der Waals surface area contributed by atoms with Crippen LogP contribution >= 0.6 is 11.6 Å². The van der Waals surface area contributed by atoms with E-state index in [0.29, 0.717) is 24.6 Å². The number of carbonyl (C=O) groups excluding carboxylic acids is 1. The quantitative estimate of drug-likeness (QED) is 0.580. The highest BCUT2D eigenvalue weighted by Gasteiger charge is 2.33. The zero-order valence-corrected chi connectivity index (χ0v) is 17.2. The number of anilines is 2. The molecule has 0 unspecified atom stereocenters. The summed E-state index contributed by atoms with van der Waals surface area (Å²) in [7, 11) is 0. The minimum atomic E-state index is -1.11. The first kappa shape index (κ1) is 20.9. The fourth-order valence-electron chi connectivity index (χ4n) is 3.14. The first-order valence-corrected chi connectivity index (χ1v) is 9.94. The Hall–Kier alpha value is -3.33. The van der Waals surface area contributed by atoms with Gasteiger partial charge in [-0.3, -0.25) is 9.78 Å². The molecule has 31 heavy (non-hydrogen) atoms. The molecule has 0 radical (unpaired) electrons. The molecule has 10 heteroatoms. The molecule has 0 bridgehead atoms. The Bertz CT molecular complexity index is 1100. The fourth-order valence-corrected chi connectivity index (χ4v) is 3.34. The average Bonchev–Trinajstić information content (AvgIpc) is 2.74. The third-order valence-corrected chi connectivity index (χ3v) is 5.04. The Balaban J connectivity index is 1.43. The van der Waals surface area contributed by atoms with Crippen LogP contribution in [0.3, 0.4) is 0 Å². The zero-order valence-electron chi connectivity index (χ0n) is 16.5. The van der Waals surface area contributed by atoms with E-state index in [4.69, 9.17) is 16.3 Å². The van der Waals surface area contributed by atoms with Crippen LogP contribution in [-0.4, -0.2) is 40.1 Å². The number of aryl methyl sites for hydroxylation is 1. The molecule has 1 aliphatic rings. The van der Waals surface area contributed by atoms with Gasteiger partial charge in [-0.05, 0) is 18.1 Å². The maximum atomic E-state index is 13.5. The number of nitrogens with zero attached hydrogens (tertiary/aromatic N) is 4. The van der Waals surface area contributed by atoms with Crippen LogP contribution in [0.2, 0.25) is 5.02 Å². The number of hydrogen-bond acceptors (Lipinski definition) is 6. The summed E-state index contributed by atoms with van der Waals surface area (Å²) in [5.41, 5.74) is 1.73. The molecular formula is C21H18ClF2N5O2. The van der Waals surface area contributed by atoms with Crippen LogP contribution in [0.1, 0.15) is 23.0 Å². The summed E-state index contributed by atoms with van der Waals surface area (Å²) in [5, 5.41) is 2.44. The summed E-state index contributed by atoms with van der Waals surface area (Å²) < 4.78 is 32.5. The Labute approximate surface area is 182 Å². The Morgan fingerprint density at radius 3 is 2.74 bits per heavy atom. The predicted molar refractivity (Wildman–Crippen MR) is 112 cm³/mol. The highest BCUT2D eigenvalue weighted by molar-refractivity contribution is 6.30. The molecule has 4 rings (SSSR count). The van der Waals surface area contributed by atoms with Crippen molar-refractivity contribution in [2.75, 3.05) is 23.3 Å². The molecule has 1 N–H and O–H groups in total. The van der Waals surface area contributed by atoms with Crippen molar-refractivity contribution in [1.82, 2.24) is 15.0 Å². The van der Waals surface area contributed by atoms with Gasteiger partial charge in [0.2, 0.25) is 0 Å². The molecule has 3 aromatic rings. The number of carbonyl (C=O) groups is 1. The van der Waals surface area contributed by atoms with E-state index in [0.717, 1.165) is 18.1 Å². The van der Waals surface area contributed by atoms with Crippen LogP contribution in [-0.2, 0) is 6.42 Å². The van der Waals surface area contributed by atoms with Crippen LogP contribution in [0, 0.1) is 11.6 Å². The number of pyridine rings is 1. The summed E-state index contributed by atoms with van der Waals surface area (Å²) in [6.07, 6.45) is 6.73. The number of hydrogen-bond donors (Lipinski definition) is 1. The molecule has 160 valence electrons. The summed E-state index contributed by atoms with van der Waals surface area (Å²) in [4.78, 5) is 27.2. The molecule has 1 saturated heterocycles. The van der Waals surface area contributed by atoms with Crippen LogP contribution in [0.4, 0.5) is 20.3 Å². The smallest absolute Gasteiger partial charge is 0.278 e. The molecule has 0 spiro atoms. The Morgan fingerprint density at radius 1 is 1.23 bits per heavy atom. The van der Waals surface area contributed by atoms with Crippen LogP contribution in [0.5, 0.6) is 5.75 Å². The van der Waals surface area contributed by atoms with Crippen molar-refractivity contribution in [3.63, 3.8) is 0 Å². The predicted octanol–water partition coefficient (Wildman–Crippen LogP) is 3.89. The van der Waals surface area contributed by atoms with Gasteiger partial charge in [0.05, 0.1) is 30.0 Å². The number of nitrogens with one attached hydrogen (secondary N) is 1. The van der Waals surface area contributed by atoms with E-state index >= 15 is 0 Å². The molecule has 2 aromatic heterocycles. The molecule has 0 aliphatic carbocycles. The number of aromatic nitrogens is 3. The summed E-state index contributed by atoms with van der Waals surface area (Å²) in [6, 6.07) is 4.02. The first-order valence-electron chi connectivity index (χ1n) is 9.57. The lowest BCUT2D eigenvalue weighted by molar-refractivity contribution is 0.102. The minimum absolute atomic E-state index is 0.133. The van der Waals surface area contributed by atoms with E-state index in [1.807, 2.05) is 17.9 Å². The monoisotopic (exact) mass is 445 g/mol. The summed E-state index contributed by atoms with van der Waals surface area (Å²) in [6.45, 7) is 2.78. The van der Waals surface area contributed by atoms with Gasteiger partial charge in [-0.2, -0.15) is 0 Å². The van der Waals surface area contributed by atoms with E-state index < -0.39 is 17.5 Å². The SMILES string of the molecule is CCc1cncc(NC(=O)c2nccnc2N2CC(Oc3cc(F)c(F)c(Cl)c3)C2)c1. The van der Waals surface area contributed by atoms with Gasteiger partial charge < -0.3 is 15.0 Å².